The van der Waals surface area contributed by atoms with Crippen molar-refractivity contribution in [1.29, 1.82) is 0 Å². The number of nitrogens with one attached hydrogen (secondary N) is 1. The summed E-state index contributed by atoms with van der Waals surface area (Å²) in [4.78, 5) is 51.5. The highest BCUT2D eigenvalue weighted by Gasteiger charge is 2.52. The van der Waals surface area contributed by atoms with E-state index >= 15 is 0 Å². The number of amides is 3. The van der Waals surface area contributed by atoms with Gasteiger partial charge in [0.2, 0.25) is 5.91 Å². The summed E-state index contributed by atoms with van der Waals surface area (Å²) >= 11 is 0. The molecule has 1 spiro atoms. The minimum atomic E-state index is -4.91. The number of aliphatic imine (C=N–C) groups is 1. The number of carbonyl (C=O) groups is 3. The largest absolute Gasteiger partial charge is 0.406 e. The van der Waals surface area contributed by atoms with Gasteiger partial charge in [-0.1, -0.05) is 0 Å². The molecule has 1 fully saturated rings. The Hall–Kier alpha value is -4.69. The molecule has 0 saturated carbocycles. The van der Waals surface area contributed by atoms with Crippen LogP contribution in [0.4, 0.5) is 36.6 Å². The number of fused-ring (bicyclic) bond motifs is 3. The maximum atomic E-state index is 14.7. The molecule has 8 nitrogen and oxygen atoms in total. The van der Waals surface area contributed by atoms with E-state index < -0.39 is 88.8 Å². The molecule has 3 atom stereocenters. The van der Waals surface area contributed by atoms with Crippen molar-refractivity contribution in [2.75, 3.05) is 11.9 Å². The molecule has 0 bridgehead atoms. The van der Waals surface area contributed by atoms with Gasteiger partial charge in [-0.15, -0.1) is 0 Å². The maximum Gasteiger partial charge on any atom is 0.406 e. The van der Waals surface area contributed by atoms with Crippen LogP contribution in [0.15, 0.2) is 41.7 Å². The summed E-state index contributed by atoms with van der Waals surface area (Å²) in [6.45, 7) is -0.674. The van der Waals surface area contributed by atoms with Gasteiger partial charge in [0.15, 0.2) is 11.6 Å². The first kappa shape index (κ1) is 29.4. The van der Waals surface area contributed by atoms with E-state index in [4.69, 9.17) is 0 Å². The fraction of sp³-hybridized carbons (Fsp3) is 0.310. The topological polar surface area (TPSA) is 105 Å². The zero-order valence-electron chi connectivity index (χ0n) is 22.6. The molecular weight excluding hydrogens is 599 g/mol. The van der Waals surface area contributed by atoms with Gasteiger partial charge in [0.05, 0.1) is 17.2 Å². The molecule has 0 radical (unpaired) electrons. The minimum Gasteiger partial charge on any atom is -0.325 e. The van der Waals surface area contributed by atoms with Gasteiger partial charge in [-0.3, -0.25) is 19.4 Å². The van der Waals surface area contributed by atoms with Crippen LogP contribution in [-0.4, -0.2) is 57.1 Å². The Bertz CT molecular complexity index is 1790. The first-order valence-corrected chi connectivity index (χ1v) is 13.3. The van der Waals surface area contributed by atoms with Crippen molar-refractivity contribution in [2.45, 2.75) is 49.7 Å². The first-order chi connectivity index (χ1) is 20.7. The highest BCUT2D eigenvalue weighted by atomic mass is 19.4. The molecular formula is C29H20F7N5O3. The van der Waals surface area contributed by atoms with Gasteiger partial charge < -0.3 is 10.2 Å². The molecule has 1 aliphatic carbocycles. The van der Waals surface area contributed by atoms with Crippen LogP contribution in [0.25, 0.3) is 0 Å². The zero-order valence-corrected chi connectivity index (χ0v) is 22.6. The van der Waals surface area contributed by atoms with E-state index in [-0.39, 0.29) is 29.1 Å². The molecule has 4 heterocycles. The third kappa shape index (κ3) is 4.79. The number of hydrogen-bond acceptors (Lipinski definition) is 5. The van der Waals surface area contributed by atoms with E-state index in [9.17, 15) is 45.1 Å². The molecule has 1 saturated heterocycles. The van der Waals surface area contributed by atoms with Gasteiger partial charge in [0, 0.05) is 47.8 Å². The molecule has 6 rings (SSSR count). The zero-order chi connectivity index (χ0) is 31.7. The minimum absolute atomic E-state index is 0.0208. The molecule has 2 aliphatic heterocycles. The standard InChI is InChI=1S/C29H20F7N5O3/c1-12-16(22-18(31)2-3-19(32)23(22)33)6-20(26(43)41(12)11-29(34,35)36)39-25(42)14-4-13-7-28(8-21(13)37-9-14)17-5-15(30)10-38-24(17)40-27(28)44/h2-5,9-10,12,16H,6-8,11H2,1H3,(H,38,40,44)/t12-,16-,28+/m1/s1. The van der Waals surface area contributed by atoms with E-state index in [1.807, 2.05) is 0 Å². The molecule has 1 aromatic carbocycles. The molecule has 0 unspecified atom stereocenters. The van der Waals surface area contributed by atoms with Crippen LogP contribution >= 0.6 is 0 Å². The average molecular weight is 619 g/mol. The highest BCUT2D eigenvalue weighted by Crippen LogP contribution is 2.46. The Morgan fingerprint density at radius 1 is 1.07 bits per heavy atom. The molecule has 2 aromatic heterocycles. The van der Waals surface area contributed by atoms with Gasteiger partial charge in [-0.25, -0.2) is 27.5 Å². The molecule has 15 heteroatoms. The number of hydrogen-bond donors (Lipinski definition) is 1. The molecule has 44 heavy (non-hydrogen) atoms. The smallest absolute Gasteiger partial charge is 0.325 e. The van der Waals surface area contributed by atoms with E-state index in [0.29, 0.717) is 29.0 Å². The quantitative estimate of drug-likeness (QED) is 0.342. The number of pyridine rings is 2. The van der Waals surface area contributed by atoms with Crippen LogP contribution in [0.5, 0.6) is 0 Å². The van der Waals surface area contributed by atoms with Crippen LogP contribution in [-0.2, 0) is 27.8 Å². The van der Waals surface area contributed by atoms with Gasteiger partial charge in [0.1, 0.15) is 29.7 Å². The summed E-state index contributed by atoms with van der Waals surface area (Å²) in [7, 11) is 0. The van der Waals surface area contributed by atoms with Gasteiger partial charge >= 0.3 is 6.18 Å². The van der Waals surface area contributed by atoms with Crippen LogP contribution in [0.1, 0.15) is 52.0 Å². The van der Waals surface area contributed by atoms with E-state index in [2.05, 4.69) is 20.3 Å². The fourth-order valence-corrected chi connectivity index (χ4v) is 6.20. The SMILES string of the molecule is C[C@@H]1[C@H](c2c(F)ccc(F)c2F)CC(=NC(=O)c2cnc3c(c2)C[C@@]2(C3)C(=O)Nc3ncc(F)cc32)C(=O)N1CC(F)(F)F. The lowest BCUT2D eigenvalue weighted by atomic mass is 9.79. The second-order valence-corrected chi connectivity index (χ2v) is 11.0. The number of likely N-dealkylation sites (tertiary alicyclic amines) is 1. The van der Waals surface area contributed by atoms with Crippen molar-refractivity contribution in [3.63, 3.8) is 0 Å². The second-order valence-electron chi connectivity index (χ2n) is 11.0. The Kier molecular flexibility index (Phi) is 6.81. The van der Waals surface area contributed by atoms with Crippen molar-refractivity contribution >= 4 is 29.3 Å². The third-order valence-corrected chi connectivity index (χ3v) is 8.34. The van der Waals surface area contributed by atoms with Crippen LogP contribution in [0.3, 0.4) is 0 Å². The predicted molar refractivity (Wildman–Crippen MR) is 139 cm³/mol. The lowest BCUT2D eigenvalue weighted by Gasteiger charge is -2.40. The number of nitrogens with zero attached hydrogens (tertiary/aromatic N) is 4. The monoisotopic (exact) mass is 619 g/mol. The number of alkyl halides is 3. The second kappa shape index (κ2) is 10.2. The Labute approximate surface area is 244 Å². The van der Waals surface area contributed by atoms with Crippen molar-refractivity contribution in [3.8, 4) is 0 Å². The molecule has 3 aliphatic rings. The first-order valence-electron chi connectivity index (χ1n) is 13.3. The Morgan fingerprint density at radius 3 is 2.52 bits per heavy atom. The molecule has 1 N–H and O–H groups in total. The van der Waals surface area contributed by atoms with Gasteiger partial charge in [-0.05, 0) is 43.2 Å². The normalized spacial score (nSPS) is 23.7. The number of rotatable bonds is 3. The van der Waals surface area contributed by atoms with E-state index in [1.165, 1.54) is 12.1 Å². The third-order valence-electron chi connectivity index (χ3n) is 8.34. The van der Waals surface area contributed by atoms with Crippen molar-refractivity contribution < 1.29 is 45.1 Å². The van der Waals surface area contributed by atoms with Crippen LogP contribution < -0.4 is 5.32 Å². The number of piperidine rings is 1. The van der Waals surface area contributed by atoms with Crippen LogP contribution in [0.2, 0.25) is 0 Å². The van der Waals surface area contributed by atoms with Crippen LogP contribution in [0, 0.1) is 23.3 Å². The number of anilines is 1. The summed E-state index contributed by atoms with van der Waals surface area (Å²) in [6, 6.07) is 2.23. The summed E-state index contributed by atoms with van der Waals surface area (Å²) in [5.74, 6) is -9.08. The summed E-state index contributed by atoms with van der Waals surface area (Å²) in [5, 5.41) is 2.61. The molecule has 3 amide bonds. The maximum absolute atomic E-state index is 14.7. The van der Waals surface area contributed by atoms with Crippen molar-refractivity contribution in [2.24, 2.45) is 4.99 Å². The van der Waals surface area contributed by atoms with Crippen molar-refractivity contribution in [3.05, 3.63) is 87.9 Å². The van der Waals surface area contributed by atoms with E-state index in [0.717, 1.165) is 19.3 Å². The highest BCUT2D eigenvalue weighted by molar-refractivity contribution is 6.41. The summed E-state index contributed by atoms with van der Waals surface area (Å²) in [6.07, 6.45) is -3.41. The fourth-order valence-electron chi connectivity index (χ4n) is 6.20. The van der Waals surface area contributed by atoms with Gasteiger partial charge in [-0.2, -0.15) is 13.2 Å². The lowest BCUT2D eigenvalue weighted by molar-refractivity contribution is -0.163. The number of halogens is 7. The van der Waals surface area contributed by atoms with Crippen molar-refractivity contribution in [1.82, 2.24) is 14.9 Å². The number of aromatic nitrogens is 2. The van der Waals surface area contributed by atoms with Gasteiger partial charge in [0.25, 0.3) is 11.8 Å². The molecule has 228 valence electrons. The lowest BCUT2D eigenvalue weighted by Crippen LogP contribution is -2.54. The summed E-state index contributed by atoms with van der Waals surface area (Å²) in [5.41, 5.74) is -1.81. The summed E-state index contributed by atoms with van der Waals surface area (Å²) < 4.78 is 97.7. The molecule has 3 aromatic rings. The predicted octanol–water partition coefficient (Wildman–Crippen LogP) is 4.57. The average Bonchev–Trinajstić information content (AvgIpc) is 3.47. The number of carbonyl (C=O) groups excluding carboxylic acids is 3. The Morgan fingerprint density at radius 2 is 1.80 bits per heavy atom. The van der Waals surface area contributed by atoms with E-state index in [1.54, 1.807) is 0 Å². The number of benzene rings is 1. The Balaban J connectivity index is 1.34.